The number of carbonyl (C=O) groups is 1. The fraction of sp³-hybridized carbons (Fsp3) is 0.769. The maximum absolute atomic E-state index is 11.4. The summed E-state index contributed by atoms with van der Waals surface area (Å²) in [5.74, 6) is 0.418. The van der Waals surface area contributed by atoms with E-state index < -0.39 is 0 Å². The highest BCUT2D eigenvalue weighted by atomic mass is 16.1. The molecule has 15 heavy (non-hydrogen) atoms. The second kappa shape index (κ2) is 7.63. The highest BCUT2D eigenvalue weighted by Gasteiger charge is 2.19. The first-order valence-corrected chi connectivity index (χ1v) is 6.19. The van der Waals surface area contributed by atoms with Crippen LogP contribution in [0.25, 0.3) is 0 Å². The van der Waals surface area contributed by atoms with Crippen molar-refractivity contribution in [1.29, 1.82) is 0 Å². The quantitative estimate of drug-likeness (QED) is 0.443. The molecule has 0 radical (unpaired) electrons. The molecule has 2 heteroatoms. The van der Waals surface area contributed by atoms with Crippen LogP contribution in [0.4, 0.5) is 0 Å². The third kappa shape index (κ3) is 7.32. The molecule has 1 rings (SSSR count). The van der Waals surface area contributed by atoms with Gasteiger partial charge in [0.2, 0.25) is 0 Å². The van der Waals surface area contributed by atoms with Crippen molar-refractivity contribution in [2.45, 2.75) is 57.4 Å². The van der Waals surface area contributed by atoms with Gasteiger partial charge in [-0.05, 0) is 32.1 Å². The summed E-state index contributed by atoms with van der Waals surface area (Å²) in [6.07, 6.45) is 10.5. The molecule has 1 N–H and O–H groups in total. The molecule has 0 aromatic heterocycles. The summed E-state index contributed by atoms with van der Waals surface area (Å²) in [6.45, 7) is 4.57. The number of hydrogen-bond donors (Lipinski definition) is 1. The average Bonchev–Trinajstić information content (AvgIpc) is 3.01. The van der Waals surface area contributed by atoms with Crippen LogP contribution in [0, 0.1) is 0 Å². The highest BCUT2D eigenvalue weighted by Crippen LogP contribution is 2.18. The molecule has 0 aliphatic heterocycles. The van der Waals surface area contributed by atoms with Crippen LogP contribution < -0.4 is 5.32 Å². The topological polar surface area (TPSA) is 29.1 Å². The molecular formula is C13H23NO. The van der Waals surface area contributed by atoms with Gasteiger partial charge < -0.3 is 5.32 Å². The van der Waals surface area contributed by atoms with E-state index in [9.17, 15) is 4.79 Å². The van der Waals surface area contributed by atoms with Crippen molar-refractivity contribution in [1.82, 2.24) is 5.32 Å². The lowest BCUT2D eigenvalue weighted by Gasteiger charge is -2.02. The van der Waals surface area contributed by atoms with Gasteiger partial charge in [-0.1, -0.05) is 12.5 Å². The molecule has 0 aromatic carbocycles. The second-order valence-corrected chi connectivity index (χ2v) is 4.41. The molecule has 1 saturated carbocycles. The maximum atomic E-state index is 11.4. The number of allylic oxidation sites excluding steroid dienone is 1. The fourth-order valence-electron chi connectivity index (χ4n) is 1.62. The van der Waals surface area contributed by atoms with Crippen molar-refractivity contribution in [2.24, 2.45) is 0 Å². The van der Waals surface area contributed by atoms with Crippen molar-refractivity contribution in [3.05, 3.63) is 12.7 Å². The van der Waals surface area contributed by atoms with Gasteiger partial charge in [-0.2, -0.15) is 0 Å². The Morgan fingerprint density at radius 1 is 1.27 bits per heavy atom. The monoisotopic (exact) mass is 209 g/mol. The van der Waals surface area contributed by atoms with Crippen molar-refractivity contribution in [3.63, 3.8) is 0 Å². The van der Waals surface area contributed by atoms with E-state index >= 15 is 0 Å². The molecule has 2 nitrogen and oxygen atoms in total. The summed E-state index contributed by atoms with van der Waals surface area (Å²) < 4.78 is 0. The van der Waals surface area contributed by atoms with Gasteiger partial charge in [-0.25, -0.2) is 0 Å². The first kappa shape index (κ1) is 12.4. The predicted octanol–water partition coefficient (Wildman–Crippen LogP) is 2.83. The third-order valence-electron chi connectivity index (χ3n) is 2.78. The lowest BCUT2D eigenvalue weighted by molar-refractivity contribution is -0.119. The number of rotatable bonds is 10. The van der Waals surface area contributed by atoms with Gasteiger partial charge in [0.25, 0.3) is 0 Å². The van der Waals surface area contributed by atoms with E-state index in [0.29, 0.717) is 5.78 Å². The van der Waals surface area contributed by atoms with Crippen molar-refractivity contribution >= 4 is 5.78 Å². The predicted molar refractivity (Wildman–Crippen MR) is 63.9 cm³/mol. The summed E-state index contributed by atoms with van der Waals surface area (Å²) in [7, 11) is 0. The molecule has 0 atom stereocenters. The van der Waals surface area contributed by atoms with E-state index in [2.05, 4.69) is 11.9 Å². The van der Waals surface area contributed by atoms with Gasteiger partial charge in [-0.3, -0.25) is 4.79 Å². The van der Waals surface area contributed by atoms with E-state index in [1.54, 1.807) is 0 Å². The van der Waals surface area contributed by atoms with Crippen LogP contribution in [0.2, 0.25) is 0 Å². The van der Waals surface area contributed by atoms with Crippen LogP contribution >= 0.6 is 0 Å². The fourth-order valence-corrected chi connectivity index (χ4v) is 1.62. The van der Waals surface area contributed by atoms with E-state index in [4.69, 9.17) is 0 Å². The number of unbranched alkanes of at least 4 members (excludes halogenated alkanes) is 3. The summed E-state index contributed by atoms with van der Waals surface area (Å²) >= 11 is 0. The average molecular weight is 209 g/mol. The Morgan fingerprint density at radius 2 is 2.07 bits per heavy atom. The molecule has 1 aliphatic rings. The zero-order valence-electron chi connectivity index (χ0n) is 9.63. The zero-order chi connectivity index (χ0) is 10.9. The number of Topliss-reactive ketones (excluding diaryl/α,β-unsaturated/α-hetero) is 1. The first-order chi connectivity index (χ1) is 7.33. The molecule has 0 bridgehead atoms. The summed E-state index contributed by atoms with van der Waals surface area (Å²) in [5.41, 5.74) is 0. The van der Waals surface area contributed by atoms with Crippen LogP contribution in [0.3, 0.4) is 0 Å². The lowest BCUT2D eigenvalue weighted by atomic mass is 10.1. The Kier molecular flexibility index (Phi) is 6.33. The Balaban J connectivity index is 1.82. The standard InChI is InChI=1S/C13H23NO/c1-2-3-4-5-6-7-13(15)10-11-14-12-8-9-12/h2,12,14H,1,3-11H2. The Morgan fingerprint density at radius 3 is 2.73 bits per heavy atom. The minimum Gasteiger partial charge on any atom is -0.314 e. The van der Waals surface area contributed by atoms with Crippen LogP contribution in [0.15, 0.2) is 12.7 Å². The molecule has 0 saturated heterocycles. The smallest absolute Gasteiger partial charge is 0.134 e. The van der Waals surface area contributed by atoms with Crippen molar-refractivity contribution in [2.75, 3.05) is 6.54 Å². The van der Waals surface area contributed by atoms with Gasteiger partial charge in [0.05, 0.1) is 0 Å². The van der Waals surface area contributed by atoms with E-state index in [0.717, 1.165) is 44.7 Å². The lowest BCUT2D eigenvalue weighted by Crippen LogP contribution is -2.20. The molecule has 1 aliphatic carbocycles. The maximum Gasteiger partial charge on any atom is 0.134 e. The number of nitrogens with one attached hydrogen (secondary N) is 1. The third-order valence-corrected chi connectivity index (χ3v) is 2.78. The van der Waals surface area contributed by atoms with Gasteiger partial charge >= 0.3 is 0 Å². The normalized spacial score (nSPS) is 15.2. The van der Waals surface area contributed by atoms with Crippen LogP contribution in [0.1, 0.15) is 51.4 Å². The van der Waals surface area contributed by atoms with E-state index in [-0.39, 0.29) is 0 Å². The number of ketones is 1. The van der Waals surface area contributed by atoms with Gasteiger partial charge in [-0.15, -0.1) is 6.58 Å². The molecule has 0 aromatic rings. The second-order valence-electron chi connectivity index (χ2n) is 4.41. The first-order valence-electron chi connectivity index (χ1n) is 6.19. The molecule has 0 heterocycles. The van der Waals surface area contributed by atoms with E-state index in [1.807, 2.05) is 6.08 Å². The molecule has 0 unspecified atom stereocenters. The van der Waals surface area contributed by atoms with Crippen LogP contribution in [-0.4, -0.2) is 18.4 Å². The molecule has 0 spiro atoms. The van der Waals surface area contributed by atoms with Crippen LogP contribution in [0.5, 0.6) is 0 Å². The summed E-state index contributed by atoms with van der Waals surface area (Å²) in [5, 5.41) is 3.36. The molecule has 0 amide bonds. The zero-order valence-corrected chi connectivity index (χ0v) is 9.63. The Labute approximate surface area is 93.1 Å². The summed E-state index contributed by atoms with van der Waals surface area (Å²) in [6, 6.07) is 0.727. The van der Waals surface area contributed by atoms with Gasteiger partial charge in [0.15, 0.2) is 0 Å². The number of hydrogen-bond acceptors (Lipinski definition) is 2. The van der Waals surface area contributed by atoms with Crippen molar-refractivity contribution in [3.8, 4) is 0 Å². The minimum absolute atomic E-state index is 0.418. The Hall–Kier alpha value is -0.630. The molecule has 1 fully saturated rings. The molecular weight excluding hydrogens is 186 g/mol. The van der Waals surface area contributed by atoms with Crippen LogP contribution in [-0.2, 0) is 4.79 Å². The van der Waals surface area contributed by atoms with Crippen molar-refractivity contribution < 1.29 is 4.79 Å². The highest BCUT2D eigenvalue weighted by molar-refractivity contribution is 5.78. The summed E-state index contributed by atoms with van der Waals surface area (Å²) in [4.78, 5) is 11.4. The SMILES string of the molecule is C=CCCCCCC(=O)CCNC1CC1. The number of carbonyl (C=O) groups excluding carboxylic acids is 1. The molecule has 86 valence electrons. The largest absolute Gasteiger partial charge is 0.314 e. The Bertz CT molecular complexity index is 197. The van der Waals surface area contributed by atoms with Gasteiger partial charge in [0.1, 0.15) is 5.78 Å². The van der Waals surface area contributed by atoms with E-state index in [1.165, 1.54) is 19.3 Å². The minimum atomic E-state index is 0.418. The van der Waals surface area contributed by atoms with Gasteiger partial charge in [0, 0.05) is 25.4 Å².